The van der Waals surface area contributed by atoms with Crippen LogP contribution >= 0.6 is 0 Å². The number of rotatable bonds is 2. The predicted molar refractivity (Wildman–Crippen MR) is 99.9 cm³/mol. The molecule has 0 saturated heterocycles. The molecule has 0 aromatic heterocycles. The molecule has 8 nitrogen and oxygen atoms in total. The van der Waals surface area contributed by atoms with Gasteiger partial charge in [-0.15, -0.1) is 0 Å². The van der Waals surface area contributed by atoms with Crippen molar-refractivity contribution in [2.45, 2.75) is 25.0 Å². The van der Waals surface area contributed by atoms with Gasteiger partial charge in [0.25, 0.3) is 5.69 Å². The lowest BCUT2D eigenvalue weighted by Crippen LogP contribution is -2.58. The van der Waals surface area contributed by atoms with Crippen LogP contribution in [0, 0.1) is 31.9 Å². The average molecular weight is 403 g/mol. The molecular weight excluding hydrogens is 388 g/mol. The maximum absolute atomic E-state index is 14.6. The number of hydrogen-bond acceptors (Lipinski definition) is 6. The van der Waals surface area contributed by atoms with Gasteiger partial charge in [0.1, 0.15) is 11.6 Å². The number of fused-ring (bicyclic) bond motifs is 2. The highest BCUT2D eigenvalue weighted by Crippen LogP contribution is 2.56. The zero-order valence-corrected chi connectivity index (χ0v) is 15.6. The molecule has 150 valence electrons. The molecular formula is C19H15F2N3O5. The molecule has 1 atom stereocenters. The first-order chi connectivity index (χ1) is 13.5. The Hall–Kier alpha value is -3.56. The molecule has 10 heteroatoms. The predicted octanol–water partition coefficient (Wildman–Crippen LogP) is 4.31. The van der Waals surface area contributed by atoms with E-state index >= 15 is 0 Å². The van der Waals surface area contributed by atoms with Crippen LogP contribution in [0.1, 0.15) is 25.0 Å². The summed E-state index contributed by atoms with van der Waals surface area (Å²) in [5, 5.41) is 22.7. The lowest BCUT2D eigenvalue weighted by Gasteiger charge is -2.45. The highest BCUT2D eigenvalue weighted by atomic mass is 19.1. The van der Waals surface area contributed by atoms with Crippen molar-refractivity contribution in [2.24, 2.45) is 0 Å². The van der Waals surface area contributed by atoms with Crippen molar-refractivity contribution in [3.05, 3.63) is 73.3 Å². The van der Waals surface area contributed by atoms with Crippen LogP contribution in [0.4, 0.5) is 25.8 Å². The van der Waals surface area contributed by atoms with Crippen LogP contribution in [0.5, 0.6) is 5.75 Å². The van der Waals surface area contributed by atoms with Crippen molar-refractivity contribution in [1.82, 2.24) is 0 Å². The van der Waals surface area contributed by atoms with E-state index in [2.05, 4.69) is 0 Å². The summed E-state index contributed by atoms with van der Waals surface area (Å²) in [5.74, 6) is -1.70. The number of likely N-dealkylation sites (N-methyl/N-ethyl adjacent to an activating group) is 1. The Kier molecular flexibility index (Phi) is 3.71. The zero-order valence-electron chi connectivity index (χ0n) is 15.6. The van der Waals surface area contributed by atoms with Gasteiger partial charge in [0, 0.05) is 24.7 Å². The molecule has 29 heavy (non-hydrogen) atoms. The summed E-state index contributed by atoms with van der Waals surface area (Å²) in [6.07, 6.45) is 3.03. The summed E-state index contributed by atoms with van der Waals surface area (Å²) in [6.45, 7) is 3.42. The second kappa shape index (κ2) is 5.72. The smallest absolute Gasteiger partial charge is 0.318 e. The molecule has 0 radical (unpaired) electrons. The van der Waals surface area contributed by atoms with Crippen molar-refractivity contribution in [3.63, 3.8) is 0 Å². The first-order valence-electron chi connectivity index (χ1n) is 8.58. The van der Waals surface area contributed by atoms with E-state index in [4.69, 9.17) is 4.74 Å². The minimum absolute atomic E-state index is 0.120. The molecule has 1 unspecified atom stereocenters. The molecule has 0 N–H and O–H groups in total. The van der Waals surface area contributed by atoms with Crippen LogP contribution < -0.4 is 9.64 Å². The van der Waals surface area contributed by atoms with E-state index < -0.39 is 44.0 Å². The number of ether oxygens (including phenoxy) is 1. The van der Waals surface area contributed by atoms with Crippen LogP contribution in [0.15, 0.2) is 30.3 Å². The SMILES string of the molecule is CN1c2c(F)cc(F)cc2C(C)(C)C12C=Cc1cc([N+](=O)[O-])cc([N+](=O)[O-])c1O2. The lowest BCUT2D eigenvalue weighted by molar-refractivity contribution is -0.395. The highest BCUT2D eigenvalue weighted by Gasteiger charge is 2.59. The molecule has 0 bridgehead atoms. The summed E-state index contributed by atoms with van der Waals surface area (Å²) in [4.78, 5) is 22.6. The second-order valence-corrected chi connectivity index (χ2v) is 7.50. The van der Waals surface area contributed by atoms with Gasteiger partial charge < -0.3 is 9.64 Å². The van der Waals surface area contributed by atoms with Crippen molar-refractivity contribution in [3.8, 4) is 5.75 Å². The number of hydrogen-bond donors (Lipinski definition) is 0. The molecule has 1 spiro atoms. The number of nitrogens with zero attached hydrogens (tertiary/aromatic N) is 3. The molecule has 2 aromatic carbocycles. The van der Waals surface area contributed by atoms with Gasteiger partial charge in [0.05, 0.1) is 27.0 Å². The standard InChI is InChI=1S/C19H15F2N3O5/c1-18(2)13-7-11(20)8-14(21)16(13)22(3)19(18)5-4-10-6-12(23(25)26)9-15(24(27)28)17(10)29-19/h4-9H,1-3H3. The van der Waals surface area contributed by atoms with E-state index in [0.717, 1.165) is 12.1 Å². The van der Waals surface area contributed by atoms with E-state index in [1.807, 2.05) is 0 Å². The van der Waals surface area contributed by atoms with Crippen LogP contribution in [0.3, 0.4) is 0 Å². The number of nitro benzene ring substituents is 2. The van der Waals surface area contributed by atoms with Crippen LogP contribution in [0.2, 0.25) is 0 Å². The fourth-order valence-electron chi connectivity index (χ4n) is 4.17. The van der Waals surface area contributed by atoms with E-state index in [1.165, 1.54) is 23.1 Å². The maximum atomic E-state index is 14.6. The minimum atomic E-state index is -1.40. The van der Waals surface area contributed by atoms with Gasteiger partial charge in [0.2, 0.25) is 11.5 Å². The molecule has 2 heterocycles. The van der Waals surface area contributed by atoms with Gasteiger partial charge >= 0.3 is 5.69 Å². The summed E-state index contributed by atoms with van der Waals surface area (Å²) < 4.78 is 34.6. The van der Waals surface area contributed by atoms with Gasteiger partial charge in [0.15, 0.2) is 0 Å². The number of nitro groups is 2. The van der Waals surface area contributed by atoms with Crippen LogP contribution in [-0.4, -0.2) is 22.6 Å². The molecule has 0 aliphatic carbocycles. The van der Waals surface area contributed by atoms with Gasteiger partial charge in [-0.05, 0) is 37.6 Å². The Balaban J connectivity index is 1.95. The number of halogens is 2. The molecule has 0 saturated carbocycles. The van der Waals surface area contributed by atoms with E-state index in [0.29, 0.717) is 5.56 Å². The van der Waals surface area contributed by atoms with E-state index in [1.54, 1.807) is 27.0 Å². The highest BCUT2D eigenvalue weighted by molar-refractivity contribution is 5.76. The normalized spacial score (nSPS) is 20.9. The largest absolute Gasteiger partial charge is 0.456 e. The fourth-order valence-corrected chi connectivity index (χ4v) is 4.17. The van der Waals surface area contributed by atoms with Crippen LogP contribution in [0.25, 0.3) is 6.08 Å². The first-order valence-corrected chi connectivity index (χ1v) is 8.58. The lowest BCUT2D eigenvalue weighted by atomic mass is 9.76. The molecule has 0 amide bonds. The van der Waals surface area contributed by atoms with Gasteiger partial charge in [-0.2, -0.15) is 0 Å². The number of benzene rings is 2. The average Bonchev–Trinajstić information content (AvgIpc) is 2.79. The Morgan fingerprint density at radius 3 is 2.38 bits per heavy atom. The summed E-state index contributed by atoms with van der Waals surface area (Å²) in [7, 11) is 1.54. The number of anilines is 1. The number of non-ortho nitro benzene ring substituents is 1. The summed E-state index contributed by atoms with van der Waals surface area (Å²) in [6, 6.07) is 3.96. The zero-order chi connectivity index (χ0) is 21.3. The molecule has 2 aliphatic heterocycles. The monoisotopic (exact) mass is 403 g/mol. The molecule has 2 aliphatic rings. The van der Waals surface area contributed by atoms with E-state index in [-0.39, 0.29) is 17.0 Å². The first kappa shape index (κ1) is 18.8. The maximum Gasteiger partial charge on any atom is 0.318 e. The molecule has 4 rings (SSSR count). The van der Waals surface area contributed by atoms with Crippen molar-refractivity contribution < 1.29 is 23.4 Å². The molecule has 0 fully saturated rings. The third-order valence-electron chi connectivity index (χ3n) is 5.67. The quantitative estimate of drug-likeness (QED) is 0.547. The third-order valence-corrected chi connectivity index (χ3v) is 5.67. The summed E-state index contributed by atoms with van der Waals surface area (Å²) >= 11 is 0. The van der Waals surface area contributed by atoms with E-state index in [9.17, 15) is 29.0 Å². The summed E-state index contributed by atoms with van der Waals surface area (Å²) in [5.41, 5.74) is -2.82. The fraction of sp³-hybridized carbons (Fsp3) is 0.263. The second-order valence-electron chi connectivity index (χ2n) is 7.50. The topological polar surface area (TPSA) is 98.8 Å². The third kappa shape index (κ3) is 2.35. The Bertz CT molecular complexity index is 1130. The van der Waals surface area contributed by atoms with Crippen molar-refractivity contribution >= 4 is 23.1 Å². The van der Waals surface area contributed by atoms with Crippen molar-refractivity contribution in [1.29, 1.82) is 0 Å². The van der Waals surface area contributed by atoms with Gasteiger partial charge in [-0.3, -0.25) is 20.2 Å². The van der Waals surface area contributed by atoms with Crippen molar-refractivity contribution in [2.75, 3.05) is 11.9 Å². The van der Waals surface area contributed by atoms with Gasteiger partial charge in [-0.25, -0.2) is 8.78 Å². The molecule has 2 aromatic rings. The Labute approximate surface area is 163 Å². The Morgan fingerprint density at radius 1 is 1.07 bits per heavy atom. The van der Waals surface area contributed by atoms with Crippen LogP contribution in [-0.2, 0) is 5.41 Å². The minimum Gasteiger partial charge on any atom is -0.456 e. The van der Waals surface area contributed by atoms with Gasteiger partial charge in [-0.1, -0.05) is 0 Å². The Morgan fingerprint density at radius 2 is 1.76 bits per heavy atom.